The van der Waals surface area contributed by atoms with Gasteiger partial charge in [-0.2, -0.15) is 0 Å². The van der Waals surface area contributed by atoms with E-state index in [2.05, 4.69) is 34.1 Å². The van der Waals surface area contributed by atoms with Gasteiger partial charge in [-0.25, -0.2) is 4.39 Å². The van der Waals surface area contributed by atoms with Crippen LogP contribution in [0.15, 0.2) is 42.5 Å². The van der Waals surface area contributed by atoms with Crippen LogP contribution in [0.5, 0.6) is 0 Å². The minimum absolute atomic E-state index is 0.143. The van der Waals surface area contributed by atoms with Crippen LogP contribution in [0.4, 0.5) is 4.39 Å². The first kappa shape index (κ1) is 11.9. The van der Waals surface area contributed by atoms with Crippen LogP contribution in [-0.2, 0) is 12.8 Å². The van der Waals surface area contributed by atoms with Gasteiger partial charge in [0.1, 0.15) is 5.82 Å². The molecule has 1 atom stereocenters. The molecule has 0 saturated carbocycles. The summed E-state index contributed by atoms with van der Waals surface area (Å²) in [5.74, 6) is -0.188. The highest BCUT2D eigenvalue weighted by Gasteiger charge is 2.15. The lowest BCUT2D eigenvalue weighted by Gasteiger charge is -2.12. The third-order valence-corrected chi connectivity index (χ3v) is 4.64. The summed E-state index contributed by atoms with van der Waals surface area (Å²) in [5.41, 5.74) is 5.30. The number of aryl methyl sites for hydroxylation is 2. The molecular formula is C16H14BrF. The number of benzene rings is 2. The maximum atomic E-state index is 12.9. The maximum absolute atomic E-state index is 12.9. The second kappa shape index (κ2) is 4.85. The molecule has 1 unspecified atom stereocenters. The molecule has 1 aliphatic rings. The molecule has 0 amide bonds. The van der Waals surface area contributed by atoms with Crippen LogP contribution in [0.25, 0.3) is 0 Å². The Morgan fingerprint density at radius 2 is 1.56 bits per heavy atom. The molecule has 3 rings (SSSR count). The molecule has 2 aromatic carbocycles. The number of rotatable bonds is 2. The van der Waals surface area contributed by atoms with Crippen molar-refractivity contribution in [1.29, 1.82) is 0 Å². The standard InChI is InChI=1S/C16H14BrF/c17-16(12-6-8-15(18)9-7-12)14-5-4-11-2-1-3-13(11)10-14/h4-10,16H,1-3H2. The van der Waals surface area contributed by atoms with Crippen LogP contribution in [0.1, 0.15) is 33.5 Å². The SMILES string of the molecule is Fc1ccc(C(Br)c2ccc3c(c2)CCC3)cc1. The van der Waals surface area contributed by atoms with Crippen molar-refractivity contribution in [3.05, 3.63) is 70.5 Å². The number of alkyl halides is 1. The number of hydrogen-bond donors (Lipinski definition) is 0. The molecule has 0 heterocycles. The van der Waals surface area contributed by atoms with Crippen molar-refractivity contribution in [2.24, 2.45) is 0 Å². The van der Waals surface area contributed by atoms with Gasteiger partial charge in [0, 0.05) is 0 Å². The van der Waals surface area contributed by atoms with Gasteiger partial charge in [-0.1, -0.05) is 46.3 Å². The van der Waals surface area contributed by atoms with Crippen molar-refractivity contribution < 1.29 is 4.39 Å². The van der Waals surface area contributed by atoms with Gasteiger partial charge >= 0.3 is 0 Å². The maximum Gasteiger partial charge on any atom is 0.123 e. The average molecular weight is 305 g/mol. The van der Waals surface area contributed by atoms with Gasteiger partial charge in [0.25, 0.3) is 0 Å². The molecule has 0 fully saturated rings. The Bertz CT molecular complexity index is 560. The van der Waals surface area contributed by atoms with Crippen LogP contribution in [-0.4, -0.2) is 0 Å². The van der Waals surface area contributed by atoms with Gasteiger partial charge in [-0.3, -0.25) is 0 Å². The van der Waals surface area contributed by atoms with Crippen LogP contribution >= 0.6 is 15.9 Å². The molecule has 0 bridgehead atoms. The molecule has 0 nitrogen and oxygen atoms in total. The fraction of sp³-hybridized carbons (Fsp3) is 0.250. The summed E-state index contributed by atoms with van der Waals surface area (Å²) in [6, 6.07) is 13.4. The van der Waals surface area contributed by atoms with Crippen LogP contribution in [0, 0.1) is 5.82 Å². The van der Waals surface area contributed by atoms with E-state index in [9.17, 15) is 4.39 Å². The molecule has 1 aliphatic carbocycles. The van der Waals surface area contributed by atoms with Crippen LogP contribution in [0.3, 0.4) is 0 Å². The molecule has 2 heteroatoms. The van der Waals surface area contributed by atoms with Crippen molar-refractivity contribution in [3.8, 4) is 0 Å². The number of halogens is 2. The Hall–Kier alpha value is -1.15. The van der Waals surface area contributed by atoms with Crippen molar-refractivity contribution >= 4 is 15.9 Å². The predicted molar refractivity (Wildman–Crippen MR) is 75.6 cm³/mol. The summed E-state index contributed by atoms with van der Waals surface area (Å²) in [6.45, 7) is 0. The van der Waals surface area contributed by atoms with Gasteiger partial charge in [0.2, 0.25) is 0 Å². The molecule has 0 aliphatic heterocycles. The highest BCUT2D eigenvalue weighted by molar-refractivity contribution is 9.09. The molecule has 0 aromatic heterocycles. The Balaban J connectivity index is 1.92. The quantitative estimate of drug-likeness (QED) is 0.699. The van der Waals surface area contributed by atoms with Gasteiger partial charge in [0.15, 0.2) is 0 Å². The van der Waals surface area contributed by atoms with Crippen LogP contribution < -0.4 is 0 Å². The first-order valence-corrected chi connectivity index (χ1v) is 7.17. The Morgan fingerprint density at radius 3 is 2.33 bits per heavy atom. The third kappa shape index (κ3) is 2.22. The molecule has 0 saturated heterocycles. The minimum atomic E-state index is -0.188. The third-order valence-electron chi connectivity index (χ3n) is 3.58. The lowest BCUT2D eigenvalue weighted by atomic mass is 10.0. The monoisotopic (exact) mass is 304 g/mol. The fourth-order valence-corrected chi connectivity index (χ4v) is 3.16. The van der Waals surface area contributed by atoms with Crippen molar-refractivity contribution in [2.45, 2.75) is 24.1 Å². The van der Waals surface area contributed by atoms with Gasteiger partial charge < -0.3 is 0 Å². The van der Waals surface area contributed by atoms with E-state index in [0.29, 0.717) is 0 Å². The largest absolute Gasteiger partial charge is 0.207 e. The summed E-state index contributed by atoms with van der Waals surface area (Å²) >= 11 is 3.70. The smallest absolute Gasteiger partial charge is 0.123 e. The highest BCUT2D eigenvalue weighted by Crippen LogP contribution is 2.33. The Morgan fingerprint density at radius 1 is 0.889 bits per heavy atom. The normalized spacial score (nSPS) is 15.4. The zero-order chi connectivity index (χ0) is 12.5. The molecule has 18 heavy (non-hydrogen) atoms. The molecule has 0 N–H and O–H groups in total. The topological polar surface area (TPSA) is 0 Å². The second-order valence-corrected chi connectivity index (χ2v) is 5.71. The van der Waals surface area contributed by atoms with Crippen molar-refractivity contribution in [3.63, 3.8) is 0 Å². The average Bonchev–Trinajstić information content (AvgIpc) is 2.86. The van der Waals surface area contributed by atoms with E-state index < -0.39 is 0 Å². The lowest BCUT2D eigenvalue weighted by Crippen LogP contribution is -1.95. The molecule has 2 aromatic rings. The molecule has 0 spiro atoms. The van der Waals surface area contributed by atoms with E-state index in [0.717, 1.165) is 5.56 Å². The summed E-state index contributed by atoms with van der Waals surface area (Å²) in [5, 5.41) is 0. The van der Waals surface area contributed by atoms with Gasteiger partial charge in [-0.05, 0) is 53.6 Å². The first-order chi connectivity index (χ1) is 8.74. The predicted octanol–water partition coefficient (Wildman–Crippen LogP) is 4.80. The summed E-state index contributed by atoms with van der Waals surface area (Å²) in [4.78, 5) is 0.143. The molecular weight excluding hydrogens is 291 g/mol. The van der Waals surface area contributed by atoms with Crippen molar-refractivity contribution in [1.82, 2.24) is 0 Å². The molecule has 0 radical (unpaired) electrons. The van der Waals surface area contributed by atoms with E-state index in [1.807, 2.05) is 12.1 Å². The van der Waals surface area contributed by atoms with Crippen molar-refractivity contribution in [2.75, 3.05) is 0 Å². The second-order valence-electron chi connectivity index (χ2n) is 4.80. The minimum Gasteiger partial charge on any atom is -0.207 e. The van der Waals surface area contributed by atoms with E-state index in [4.69, 9.17) is 0 Å². The summed E-state index contributed by atoms with van der Waals surface area (Å²) in [6.07, 6.45) is 3.66. The van der Waals surface area contributed by atoms with Crippen LogP contribution in [0.2, 0.25) is 0 Å². The lowest BCUT2D eigenvalue weighted by molar-refractivity contribution is 0.627. The van der Waals surface area contributed by atoms with Gasteiger partial charge in [-0.15, -0.1) is 0 Å². The fourth-order valence-electron chi connectivity index (χ4n) is 2.57. The van der Waals surface area contributed by atoms with Gasteiger partial charge in [0.05, 0.1) is 4.83 Å². The summed E-state index contributed by atoms with van der Waals surface area (Å²) in [7, 11) is 0. The van der Waals surface area contributed by atoms with E-state index in [1.165, 1.54) is 48.1 Å². The number of hydrogen-bond acceptors (Lipinski definition) is 0. The number of fused-ring (bicyclic) bond motifs is 1. The molecule has 92 valence electrons. The first-order valence-electron chi connectivity index (χ1n) is 6.25. The van der Waals surface area contributed by atoms with E-state index in [-0.39, 0.29) is 10.6 Å². The Kier molecular flexibility index (Phi) is 3.21. The van der Waals surface area contributed by atoms with E-state index >= 15 is 0 Å². The zero-order valence-electron chi connectivity index (χ0n) is 10.00. The Labute approximate surface area is 115 Å². The van der Waals surface area contributed by atoms with E-state index in [1.54, 1.807) is 0 Å². The highest BCUT2D eigenvalue weighted by atomic mass is 79.9. The summed E-state index contributed by atoms with van der Waals surface area (Å²) < 4.78 is 12.9. The zero-order valence-corrected chi connectivity index (χ0v) is 11.6.